The molecule has 4 heteroatoms. The maximum atomic E-state index is 10.8. The van der Waals surface area contributed by atoms with Crippen molar-refractivity contribution in [3.05, 3.63) is 41.5 Å². The average molecular weight is 371 g/mol. The summed E-state index contributed by atoms with van der Waals surface area (Å²) in [7, 11) is 2.07. The third-order valence-electron chi connectivity index (χ3n) is 6.27. The lowest BCUT2D eigenvalue weighted by molar-refractivity contribution is -0.137. The van der Waals surface area contributed by atoms with Gasteiger partial charge in [0.15, 0.2) is 0 Å². The molecule has 4 nitrogen and oxygen atoms in total. The Morgan fingerprint density at radius 1 is 1.22 bits per heavy atom. The Hall–Kier alpha value is -1.65. The molecule has 1 aromatic rings. The van der Waals surface area contributed by atoms with E-state index in [9.17, 15) is 4.79 Å². The zero-order valence-electron chi connectivity index (χ0n) is 16.7. The third kappa shape index (κ3) is 5.91. The smallest absolute Gasteiger partial charge is 0.304 e. The van der Waals surface area contributed by atoms with Gasteiger partial charge in [0.25, 0.3) is 0 Å². The van der Waals surface area contributed by atoms with Crippen LogP contribution in [0.15, 0.2) is 35.9 Å². The molecule has 0 saturated heterocycles. The zero-order chi connectivity index (χ0) is 19.2. The van der Waals surface area contributed by atoms with Gasteiger partial charge in [-0.1, -0.05) is 48.9 Å². The molecule has 27 heavy (non-hydrogen) atoms. The highest BCUT2D eigenvalue weighted by Crippen LogP contribution is 2.40. The Bertz CT molecular complexity index is 635. The van der Waals surface area contributed by atoms with E-state index in [-0.39, 0.29) is 6.42 Å². The number of rotatable bonds is 9. The topological polar surface area (TPSA) is 52.6 Å². The van der Waals surface area contributed by atoms with Crippen LogP contribution < -0.4 is 5.32 Å². The minimum atomic E-state index is -0.702. The molecule has 0 aliphatic heterocycles. The van der Waals surface area contributed by atoms with Crippen molar-refractivity contribution >= 4 is 12.0 Å². The molecular formula is C23H34N2O2. The van der Waals surface area contributed by atoms with Crippen LogP contribution in [-0.4, -0.2) is 47.7 Å². The van der Waals surface area contributed by atoms with E-state index in [1.807, 2.05) is 0 Å². The van der Waals surface area contributed by atoms with Gasteiger partial charge >= 0.3 is 5.97 Å². The SMILES string of the molecule is CC/C(=C\c1ccccc1)C1CC1NC1CCC(N(C)CCC(=O)O)CC1. The molecule has 2 fully saturated rings. The van der Waals surface area contributed by atoms with Gasteiger partial charge in [0.05, 0.1) is 6.42 Å². The normalized spacial score (nSPS) is 28.3. The van der Waals surface area contributed by atoms with Crippen molar-refractivity contribution in [3.63, 3.8) is 0 Å². The molecule has 0 heterocycles. The maximum Gasteiger partial charge on any atom is 0.304 e. The van der Waals surface area contributed by atoms with E-state index >= 15 is 0 Å². The van der Waals surface area contributed by atoms with E-state index in [1.165, 1.54) is 37.7 Å². The van der Waals surface area contributed by atoms with Crippen LogP contribution >= 0.6 is 0 Å². The molecule has 3 rings (SSSR count). The summed E-state index contributed by atoms with van der Waals surface area (Å²) in [5.41, 5.74) is 2.88. The molecule has 0 bridgehead atoms. The number of benzene rings is 1. The monoisotopic (exact) mass is 370 g/mol. The highest BCUT2D eigenvalue weighted by atomic mass is 16.4. The summed E-state index contributed by atoms with van der Waals surface area (Å²) in [5.74, 6) is -0.00145. The number of nitrogens with one attached hydrogen (secondary N) is 1. The second-order valence-electron chi connectivity index (χ2n) is 8.23. The molecule has 2 atom stereocenters. The summed E-state index contributed by atoms with van der Waals surface area (Å²) in [6.45, 7) is 2.93. The van der Waals surface area contributed by atoms with Gasteiger partial charge in [-0.2, -0.15) is 0 Å². The van der Waals surface area contributed by atoms with Crippen LogP contribution in [0.4, 0.5) is 0 Å². The highest BCUT2D eigenvalue weighted by Gasteiger charge is 2.40. The Balaban J connectivity index is 1.43. The lowest BCUT2D eigenvalue weighted by Gasteiger charge is -2.35. The summed E-state index contributed by atoms with van der Waals surface area (Å²) >= 11 is 0. The van der Waals surface area contributed by atoms with Gasteiger partial charge in [-0.05, 0) is 57.1 Å². The minimum Gasteiger partial charge on any atom is -0.481 e. The zero-order valence-corrected chi connectivity index (χ0v) is 16.7. The van der Waals surface area contributed by atoms with Crippen molar-refractivity contribution in [2.45, 2.75) is 70.0 Å². The summed E-state index contributed by atoms with van der Waals surface area (Å²) in [5, 5.41) is 12.8. The molecule has 0 spiro atoms. The fraction of sp³-hybridized carbons (Fsp3) is 0.609. The number of carbonyl (C=O) groups is 1. The molecule has 1 aromatic carbocycles. The van der Waals surface area contributed by atoms with Crippen molar-refractivity contribution in [2.75, 3.05) is 13.6 Å². The van der Waals surface area contributed by atoms with E-state index < -0.39 is 5.97 Å². The number of carboxylic acid groups (broad SMARTS) is 1. The van der Waals surface area contributed by atoms with Crippen molar-refractivity contribution < 1.29 is 9.90 Å². The minimum absolute atomic E-state index is 0.242. The lowest BCUT2D eigenvalue weighted by Crippen LogP contribution is -2.42. The largest absolute Gasteiger partial charge is 0.481 e. The molecule has 2 unspecified atom stereocenters. The van der Waals surface area contributed by atoms with E-state index in [4.69, 9.17) is 5.11 Å². The Labute approximate surface area is 163 Å². The van der Waals surface area contributed by atoms with Crippen LogP contribution in [0, 0.1) is 5.92 Å². The number of hydrogen-bond acceptors (Lipinski definition) is 3. The molecule has 2 N–H and O–H groups in total. The number of carboxylic acids is 1. The molecule has 2 aliphatic carbocycles. The molecule has 2 saturated carbocycles. The second kappa shape index (κ2) is 9.52. The van der Waals surface area contributed by atoms with Crippen LogP contribution in [0.1, 0.15) is 57.4 Å². The first-order chi connectivity index (χ1) is 13.1. The van der Waals surface area contributed by atoms with Crippen LogP contribution in [-0.2, 0) is 4.79 Å². The molecule has 0 aromatic heterocycles. The first-order valence-corrected chi connectivity index (χ1v) is 10.5. The highest BCUT2D eigenvalue weighted by molar-refractivity contribution is 5.66. The number of hydrogen-bond donors (Lipinski definition) is 2. The van der Waals surface area contributed by atoms with Crippen LogP contribution in [0.3, 0.4) is 0 Å². The van der Waals surface area contributed by atoms with Crippen molar-refractivity contribution in [1.82, 2.24) is 10.2 Å². The van der Waals surface area contributed by atoms with Gasteiger partial charge in [0.2, 0.25) is 0 Å². The van der Waals surface area contributed by atoms with E-state index in [0.29, 0.717) is 30.6 Å². The van der Waals surface area contributed by atoms with Crippen LogP contribution in [0.25, 0.3) is 6.08 Å². The van der Waals surface area contributed by atoms with Gasteiger partial charge in [-0.15, -0.1) is 0 Å². The Morgan fingerprint density at radius 3 is 2.56 bits per heavy atom. The molecule has 0 amide bonds. The standard InChI is InChI=1S/C23H34N2O2/c1-3-18(15-17-7-5-4-6-8-17)21-16-22(21)24-19-9-11-20(12-10-19)25(2)14-13-23(26)27/h4-8,15,19-22,24H,3,9-14,16H2,1-2H3,(H,26,27)/b18-15+. The third-order valence-corrected chi connectivity index (χ3v) is 6.27. The maximum absolute atomic E-state index is 10.8. The van der Waals surface area contributed by atoms with Crippen molar-refractivity contribution in [1.29, 1.82) is 0 Å². The first-order valence-electron chi connectivity index (χ1n) is 10.5. The Kier molecular flexibility index (Phi) is 7.08. The second-order valence-corrected chi connectivity index (χ2v) is 8.23. The summed E-state index contributed by atoms with van der Waals surface area (Å²) in [4.78, 5) is 13.0. The summed E-state index contributed by atoms with van der Waals surface area (Å²) in [6.07, 6.45) is 9.76. The van der Waals surface area contributed by atoms with Crippen LogP contribution in [0.5, 0.6) is 0 Å². The first kappa shape index (κ1) is 20.1. The van der Waals surface area contributed by atoms with Crippen molar-refractivity contribution in [2.24, 2.45) is 5.92 Å². The molecule has 0 radical (unpaired) electrons. The number of aliphatic carboxylic acids is 1. The van der Waals surface area contributed by atoms with Gasteiger partial charge < -0.3 is 15.3 Å². The van der Waals surface area contributed by atoms with E-state index in [2.05, 4.69) is 60.6 Å². The summed E-state index contributed by atoms with van der Waals surface area (Å²) < 4.78 is 0. The lowest BCUT2D eigenvalue weighted by atomic mass is 9.90. The van der Waals surface area contributed by atoms with Gasteiger partial charge in [0.1, 0.15) is 0 Å². The molecule has 148 valence electrons. The molecular weight excluding hydrogens is 336 g/mol. The van der Waals surface area contributed by atoms with Gasteiger partial charge in [-0.3, -0.25) is 4.79 Å². The average Bonchev–Trinajstić information content (AvgIpc) is 3.44. The molecule has 2 aliphatic rings. The van der Waals surface area contributed by atoms with Crippen LogP contribution in [0.2, 0.25) is 0 Å². The summed E-state index contributed by atoms with van der Waals surface area (Å²) in [6, 6.07) is 12.5. The quantitative estimate of drug-likeness (QED) is 0.685. The predicted molar refractivity (Wildman–Crippen MR) is 111 cm³/mol. The van der Waals surface area contributed by atoms with Crippen molar-refractivity contribution in [3.8, 4) is 0 Å². The van der Waals surface area contributed by atoms with E-state index in [0.717, 1.165) is 6.42 Å². The van der Waals surface area contributed by atoms with Gasteiger partial charge in [-0.25, -0.2) is 0 Å². The fourth-order valence-electron chi connectivity index (χ4n) is 4.46. The fourth-order valence-corrected chi connectivity index (χ4v) is 4.46. The number of nitrogens with zero attached hydrogens (tertiary/aromatic N) is 1. The van der Waals surface area contributed by atoms with E-state index in [1.54, 1.807) is 5.57 Å². The Morgan fingerprint density at radius 2 is 1.93 bits per heavy atom. The van der Waals surface area contributed by atoms with Gasteiger partial charge in [0, 0.05) is 24.7 Å². The predicted octanol–water partition coefficient (Wildman–Crippen LogP) is 4.18.